The van der Waals surface area contributed by atoms with Gasteiger partial charge in [-0.1, -0.05) is 12.1 Å². The second-order valence-corrected chi connectivity index (χ2v) is 6.10. The van der Waals surface area contributed by atoms with Crippen LogP contribution in [0.15, 0.2) is 30.5 Å². The van der Waals surface area contributed by atoms with Gasteiger partial charge in [0.2, 0.25) is 0 Å². The third-order valence-corrected chi connectivity index (χ3v) is 3.94. The van der Waals surface area contributed by atoms with Crippen molar-refractivity contribution in [1.82, 2.24) is 10.3 Å². The SMILES string of the molecule is CC(C)(C#N)c1cc(CNC2CC2)c2ncccc2c1. The predicted molar refractivity (Wildman–Crippen MR) is 80.2 cm³/mol. The summed E-state index contributed by atoms with van der Waals surface area (Å²) >= 11 is 0. The molecule has 1 aliphatic rings. The molecule has 1 heterocycles. The van der Waals surface area contributed by atoms with E-state index >= 15 is 0 Å². The van der Waals surface area contributed by atoms with Crippen molar-refractivity contribution in [3.05, 3.63) is 41.6 Å². The lowest BCUT2D eigenvalue weighted by Gasteiger charge is -2.18. The number of pyridine rings is 1. The fourth-order valence-corrected chi connectivity index (χ4v) is 2.37. The highest BCUT2D eigenvalue weighted by Gasteiger charge is 2.23. The van der Waals surface area contributed by atoms with Crippen LogP contribution in [0.2, 0.25) is 0 Å². The molecule has 0 radical (unpaired) electrons. The first-order valence-electron chi connectivity index (χ1n) is 7.13. The van der Waals surface area contributed by atoms with Gasteiger partial charge in [-0.05, 0) is 49.9 Å². The van der Waals surface area contributed by atoms with Crippen LogP contribution in [-0.2, 0) is 12.0 Å². The Morgan fingerprint density at radius 1 is 1.40 bits per heavy atom. The van der Waals surface area contributed by atoms with Crippen molar-refractivity contribution >= 4 is 10.9 Å². The normalized spacial score (nSPS) is 15.2. The van der Waals surface area contributed by atoms with Crippen LogP contribution in [0.1, 0.15) is 37.8 Å². The molecule has 1 aromatic carbocycles. The second-order valence-electron chi connectivity index (χ2n) is 6.10. The van der Waals surface area contributed by atoms with Crippen LogP contribution in [0.4, 0.5) is 0 Å². The van der Waals surface area contributed by atoms with Crippen LogP contribution in [0.3, 0.4) is 0 Å². The highest BCUT2D eigenvalue weighted by Crippen LogP contribution is 2.28. The first kappa shape index (κ1) is 13.1. The number of nitrogens with zero attached hydrogens (tertiary/aromatic N) is 2. The van der Waals surface area contributed by atoms with Crippen LogP contribution in [-0.4, -0.2) is 11.0 Å². The number of nitrogens with one attached hydrogen (secondary N) is 1. The van der Waals surface area contributed by atoms with E-state index in [4.69, 9.17) is 0 Å². The summed E-state index contributed by atoms with van der Waals surface area (Å²) in [5.41, 5.74) is 2.82. The molecule has 0 saturated heterocycles. The molecule has 0 aliphatic heterocycles. The zero-order valence-electron chi connectivity index (χ0n) is 12.0. The molecule has 0 unspecified atom stereocenters. The maximum absolute atomic E-state index is 9.36. The highest BCUT2D eigenvalue weighted by molar-refractivity contribution is 5.83. The molecule has 0 amide bonds. The molecule has 0 spiro atoms. The predicted octanol–water partition coefficient (Wildman–Crippen LogP) is 3.29. The zero-order chi connectivity index (χ0) is 14.2. The maximum Gasteiger partial charge on any atom is 0.0766 e. The van der Waals surface area contributed by atoms with E-state index in [2.05, 4.69) is 34.6 Å². The number of nitriles is 1. The van der Waals surface area contributed by atoms with Gasteiger partial charge in [0.15, 0.2) is 0 Å². The topological polar surface area (TPSA) is 48.7 Å². The molecule has 1 N–H and O–H groups in total. The van der Waals surface area contributed by atoms with Gasteiger partial charge in [-0.3, -0.25) is 4.98 Å². The summed E-state index contributed by atoms with van der Waals surface area (Å²) in [5.74, 6) is 0. The van der Waals surface area contributed by atoms with Crippen LogP contribution in [0.25, 0.3) is 10.9 Å². The van der Waals surface area contributed by atoms with Crippen molar-refractivity contribution in [2.45, 2.75) is 44.7 Å². The fourth-order valence-electron chi connectivity index (χ4n) is 2.37. The number of hydrogen-bond acceptors (Lipinski definition) is 3. The van der Waals surface area contributed by atoms with Gasteiger partial charge in [-0.15, -0.1) is 0 Å². The average molecular weight is 265 g/mol. The van der Waals surface area contributed by atoms with Crippen molar-refractivity contribution < 1.29 is 0 Å². The Hall–Kier alpha value is -1.92. The summed E-state index contributed by atoms with van der Waals surface area (Å²) in [7, 11) is 0. The summed E-state index contributed by atoms with van der Waals surface area (Å²) in [5, 5.41) is 14.0. The zero-order valence-corrected chi connectivity index (χ0v) is 12.0. The number of benzene rings is 1. The van der Waals surface area contributed by atoms with E-state index in [-0.39, 0.29) is 0 Å². The van der Waals surface area contributed by atoms with E-state index < -0.39 is 5.41 Å². The third-order valence-electron chi connectivity index (χ3n) is 3.94. The van der Waals surface area contributed by atoms with Gasteiger partial charge in [-0.2, -0.15) is 5.26 Å². The minimum absolute atomic E-state index is 0.474. The lowest BCUT2D eigenvalue weighted by Crippen LogP contribution is -2.18. The lowest BCUT2D eigenvalue weighted by atomic mass is 9.84. The molecular formula is C17H19N3. The quantitative estimate of drug-likeness (QED) is 0.922. The molecular weight excluding hydrogens is 246 g/mol. The van der Waals surface area contributed by atoms with Gasteiger partial charge in [0.25, 0.3) is 0 Å². The monoisotopic (exact) mass is 265 g/mol. The van der Waals surface area contributed by atoms with Crippen molar-refractivity contribution in [3.8, 4) is 6.07 Å². The minimum atomic E-state index is -0.474. The van der Waals surface area contributed by atoms with E-state index in [1.165, 1.54) is 18.4 Å². The summed E-state index contributed by atoms with van der Waals surface area (Å²) in [6, 6.07) is 11.3. The highest BCUT2D eigenvalue weighted by atomic mass is 14.9. The van der Waals surface area contributed by atoms with E-state index in [0.717, 1.165) is 23.0 Å². The summed E-state index contributed by atoms with van der Waals surface area (Å²) in [4.78, 5) is 4.51. The number of hydrogen-bond donors (Lipinski definition) is 1. The molecule has 102 valence electrons. The second kappa shape index (κ2) is 4.88. The maximum atomic E-state index is 9.36. The molecule has 1 fully saturated rings. The molecule has 3 heteroatoms. The number of rotatable bonds is 4. The summed E-state index contributed by atoms with van der Waals surface area (Å²) in [6.45, 7) is 4.75. The standard InChI is InChI=1S/C17H19N3/c1-17(2,11-18)14-8-12-4-3-7-19-16(12)13(9-14)10-20-15-5-6-15/h3-4,7-9,15,20H,5-6,10H2,1-2H3. The van der Waals surface area contributed by atoms with Crippen molar-refractivity contribution in [2.24, 2.45) is 0 Å². The largest absolute Gasteiger partial charge is 0.310 e. The van der Waals surface area contributed by atoms with Crippen LogP contribution in [0, 0.1) is 11.3 Å². The molecule has 1 saturated carbocycles. The summed E-state index contributed by atoms with van der Waals surface area (Å²) < 4.78 is 0. The van der Waals surface area contributed by atoms with Gasteiger partial charge >= 0.3 is 0 Å². The smallest absolute Gasteiger partial charge is 0.0766 e. The van der Waals surface area contributed by atoms with Gasteiger partial charge in [-0.25, -0.2) is 0 Å². The van der Waals surface area contributed by atoms with Gasteiger partial charge in [0, 0.05) is 24.2 Å². The van der Waals surface area contributed by atoms with Crippen molar-refractivity contribution in [3.63, 3.8) is 0 Å². The fraction of sp³-hybridized carbons (Fsp3) is 0.412. The molecule has 20 heavy (non-hydrogen) atoms. The summed E-state index contributed by atoms with van der Waals surface area (Å²) in [6.07, 6.45) is 4.38. The van der Waals surface area contributed by atoms with Gasteiger partial charge < -0.3 is 5.32 Å². The molecule has 2 aromatic rings. The number of aromatic nitrogens is 1. The lowest BCUT2D eigenvalue weighted by molar-refractivity contribution is 0.672. The Balaban J connectivity index is 2.06. The Kier molecular flexibility index (Phi) is 3.19. The first-order valence-corrected chi connectivity index (χ1v) is 7.13. The van der Waals surface area contributed by atoms with E-state index in [0.29, 0.717) is 6.04 Å². The van der Waals surface area contributed by atoms with E-state index in [9.17, 15) is 5.26 Å². The van der Waals surface area contributed by atoms with Crippen LogP contribution >= 0.6 is 0 Å². The molecule has 1 aliphatic carbocycles. The van der Waals surface area contributed by atoms with Gasteiger partial charge in [0.1, 0.15) is 0 Å². The van der Waals surface area contributed by atoms with E-state index in [1.54, 1.807) is 0 Å². The van der Waals surface area contributed by atoms with Crippen LogP contribution in [0.5, 0.6) is 0 Å². The van der Waals surface area contributed by atoms with E-state index in [1.807, 2.05) is 26.1 Å². The Bertz CT molecular complexity index is 678. The molecule has 3 rings (SSSR count). The Morgan fingerprint density at radius 2 is 2.20 bits per heavy atom. The van der Waals surface area contributed by atoms with Gasteiger partial charge in [0.05, 0.1) is 17.0 Å². The average Bonchev–Trinajstić information content (AvgIpc) is 3.28. The van der Waals surface area contributed by atoms with Crippen LogP contribution < -0.4 is 5.32 Å². The molecule has 0 bridgehead atoms. The Labute approximate surface area is 119 Å². The molecule has 0 atom stereocenters. The third kappa shape index (κ3) is 2.52. The number of fused-ring (bicyclic) bond motifs is 1. The Morgan fingerprint density at radius 3 is 2.90 bits per heavy atom. The molecule has 1 aromatic heterocycles. The van der Waals surface area contributed by atoms with Crippen molar-refractivity contribution in [2.75, 3.05) is 0 Å². The first-order chi connectivity index (χ1) is 9.60. The molecule has 3 nitrogen and oxygen atoms in total. The minimum Gasteiger partial charge on any atom is -0.310 e. The van der Waals surface area contributed by atoms with Crippen molar-refractivity contribution in [1.29, 1.82) is 5.26 Å².